The molecule has 0 amide bonds. The minimum atomic E-state index is 1.12. The Hall–Kier alpha value is -0.780. The predicted octanol–water partition coefficient (Wildman–Crippen LogP) is 4.11. The van der Waals surface area contributed by atoms with Crippen LogP contribution in [0.1, 0.15) is 34.6 Å². The molecular formula is C11H20. The van der Waals surface area contributed by atoms with Crippen molar-refractivity contribution in [3.63, 3.8) is 0 Å². The SMILES string of the molecule is C=C(C)C(/C=C\C)=C\C.CC. The molecular weight excluding hydrogens is 132 g/mol. The highest BCUT2D eigenvalue weighted by molar-refractivity contribution is 5.35. The number of hydrogen-bond donors (Lipinski definition) is 0. The summed E-state index contributed by atoms with van der Waals surface area (Å²) in [5, 5.41) is 0. The third-order valence-corrected chi connectivity index (χ3v) is 1.15. The van der Waals surface area contributed by atoms with Gasteiger partial charge in [-0.3, -0.25) is 0 Å². The minimum Gasteiger partial charge on any atom is -0.0955 e. The smallest absolute Gasteiger partial charge is 0.0279 e. The van der Waals surface area contributed by atoms with Crippen LogP contribution >= 0.6 is 0 Å². The molecule has 0 atom stereocenters. The molecule has 0 spiro atoms. The standard InChI is InChI=1S/C9H14.C2H6/c1-5-7-9(6-2)8(3)4;1-2/h5-7H,3H2,1-2,4H3;1-2H3/b7-5-,9-6-;. The van der Waals surface area contributed by atoms with Crippen molar-refractivity contribution in [3.05, 3.63) is 36.0 Å². The van der Waals surface area contributed by atoms with E-state index in [-0.39, 0.29) is 0 Å². The van der Waals surface area contributed by atoms with Gasteiger partial charge in [-0.25, -0.2) is 0 Å². The highest BCUT2D eigenvalue weighted by Gasteiger charge is 1.86. The van der Waals surface area contributed by atoms with Gasteiger partial charge in [0.1, 0.15) is 0 Å². The Morgan fingerprint density at radius 3 is 1.73 bits per heavy atom. The maximum Gasteiger partial charge on any atom is -0.0279 e. The van der Waals surface area contributed by atoms with Gasteiger partial charge in [0.25, 0.3) is 0 Å². The Bertz CT molecular complexity index is 147. The Balaban J connectivity index is 0. The van der Waals surface area contributed by atoms with Gasteiger partial charge in [-0.15, -0.1) is 0 Å². The van der Waals surface area contributed by atoms with Crippen LogP contribution in [0, 0.1) is 0 Å². The molecule has 0 fully saturated rings. The van der Waals surface area contributed by atoms with Crippen LogP contribution < -0.4 is 0 Å². The summed E-state index contributed by atoms with van der Waals surface area (Å²) in [4.78, 5) is 0. The van der Waals surface area contributed by atoms with E-state index in [9.17, 15) is 0 Å². The molecule has 11 heavy (non-hydrogen) atoms. The molecule has 0 unspecified atom stereocenters. The van der Waals surface area contributed by atoms with Gasteiger partial charge in [-0.2, -0.15) is 0 Å². The molecule has 0 saturated heterocycles. The van der Waals surface area contributed by atoms with Crippen molar-refractivity contribution >= 4 is 0 Å². The zero-order valence-electron chi connectivity index (χ0n) is 8.44. The predicted molar refractivity (Wildman–Crippen MR) is 54.7 cm³/mol. The van der Waals surface area contributed by atoms with Gasteiger partial charge in [0.05, 0.1) is 0 Å². The van der Waals surface area contributed by atoms with E-state index >= 15 is 0 Å². The second-order valence-corrected chi connectivity index (χ2v) is 2.02. The molecule has 0 N–H and O–H groups in total. The average Bonchev–Trinajstić information content (AvgIpc) is 2.03. The lowest BCUT2D eigenvalue weighted by molar-refractivity contribution is 1.42. The monoisotopic (exact) mass is 152 g/mol. The van der Waals surface area contributed by atoms with E-state index in [0.29, 0.717) is 0 Å². The van der Waals surface area contributed by atoms with E-state index in [0.717, 1.165) is 5.57 Å². The normalized spacial score (nSPS) is 10.8. The number of allylic oxidation sites excluding steroid dienone is 5. The van der Waals surface area contributed by atoms with Crippen LogP contribution in [0.5, 0.6) is 0 Å². The molecule has 0 aliphatic heterocycles. The van der Waals surface area contributed by atoms with E-state index in [1.54, 1.807) is 0 Å². The first-order chi connectivity index (χ1) is 5.22. The Morgan fingerprint density at radius 1 is 1.18 bits per heavy atom. The maximum absolute atomic E-state index is 3.83. The Labute approximate surface area is 71.3 Å². The highest BCUT2D eigenvalue weighted by Crippen LogP contribution is 2.06. The van der Waals surface area contributed by atoms with Crippen molar-refractivity contribution in [1.29, 1.82) is 0 Å². The van der Waals surface area contributed by atoms with Crippen LogP contribution in [0.2, 0.25) is 0 Å². The van der Waals surface area contributed by atoms with Crippen LogP contribution in [0.3, 0.4) is 0 Å². The van der Waals surface area contributed by atoms with Crippen LogP contribution in [0.15, 0.2) is 36.0 Å². The highest BCUT2D eigenvalue weighted by atomic mass is 13.9. The van der Waals surface area contributed by atoms with E-state index in [1.165, 1.54) is 5.57 Å². The summed E-state index contributed by atoms with van der Waals surface area (Å²) >= 11 is 0. The Kier molecular flexibility index (Phi) is 10.8. The van der Waals surface area contributed by atoms with Gasteiger partial charge < -0.3 is 0 Å². The zero-order valence-corrected chi connectivity index (χ0v) is 8.44. The lowest BCUT2D eigenvalue weighted by atomic mass is 10.1. The summed E-state index contributed by atoms with van der Waals surface area (Å²) in [6, 6.07) is 0. The molecule has 0 nitrogen and oxygen atoms in total. The lowest BCUT2D eigenvalue weighted by Gasteiger charge is -1.95. The van der Waals surface area contributed by atoms with Crippen LogP contribution in [0.4, 0.5) is 0 Å². The molecule has 0 aromatic carbocycles. The summed E-state index contributed by atoms with van der Waals surface area (Å²) in [6.07, 6.45) is 6.13. The fourth-order valence-electron chi connectivity index (χ4n) is 0.664. The van der Waals surface area contributed by atoms with Gasteiger partial charge >= 0.3 is 0 Å². The van der Waals surface area contributed by atoms with Crippen LogP contribution in [0.25, 0.3) is 0 Å². The second kappa shape index (κ2) is 9.22. The molecule has 0 rings (SSSR count). The second-order valence-electron chi connectivity index (χ2n) is 2.02. The van der Waals surface area contributed by atoms with Crippen LogP contribution in [-0.4, -0.2) is 0 Å². The summed E-state index contributed by atoms with van der Waals surface area (Å²) in [5.74, 6) is 0. The van der Waals surface area contributed by atoms with Crippen molar-refractivity contribution in [3.8, 4) is 0 Å². The largest absolute Gasteiger partial charge is 0.0955 e. The van der Waals surface area contributed by atoms with Crippen molar-refractivity contribution in [1.82, 2.24) is 0 Å². The maximum atomic E-state index is 3.83. The van der Waals surface area contributed by atoms with E-state index in [2.05, 4.69) is 18.7 Å². The average molecular weight is 152 g/mol. The number of rotatable bonds is 2. The lowest BCUT2D eigenvalue weighted by Crippen LogP contribution is -1.75. The van der Waals surface area contributed by atoms with Gasteiger partial charge in [-0.05, 0) is 26.3 Å². The fourth-order valence-corrected chi connectivity index (χ4v) is 0.664. The molecule has 0 aromatic rings. The zero-order chi connectivity index (χ0) is 9.28. The summed E-state index contributed by atoms with van der Waals surface area (Å²) in [6.45, 7) is 13.9. The molecule has 0 saturated carbocycles. The molecule has 0 heterocycles. The van der Waals surface area contributed by atoms with Crippen molar-refractivity contribution in [2.24, 2.45) is 0 Å². The third kappa shape index (κ3) is 7.11. The molecule has 64 valence electrons. The summed E-state index contributed by atoms with van der Waals surface area (Å²) < 4.78 is 0. The number of hydrogen-bond acceptors (Lipinski definition) is 0. The third-order valence-electron chi connectivity index (χ3n) is 1.15. The quantitative estimate of drug-likeness (QED) is 0.522. The molecule has 0 aliphatic rings. The van der Waals surface area contributed by atoms with Gasteiger partial charge in [0.2, 0.25) is 0 Å². The molecule has 0 bridgehead atoms. The van der Waals surface area contributed by atoms with Crippen molar-refractivity contribution in [2.75, 3.05) is 0 Å². The molecule has 0 aromatic heterocycles. The molecule has 0 heteroatoms. The molecule has 0 aliphatic carbocycles. The molecule has 0 radical (unpaired) electrons. The van der Waals surface area contributed by atoms with Gasteiger partial charge in [-0.1, -0.05) is 44.2 Å². The van der Waals surface area contributed by atoms with E-state index in [1.807, 2.05) is 40.7 Å². The van der Waals surface area contributed by atoms with E-state index < -0.39 is 0 Å². The first-order valence-electron chi connectivity index (χ1n) is 4.17. The first-order valence-corrected chi connectivity index (χ1v) is 4.17. The van der Waals surface area contributed by atoms with Crippen LogP contribution in [-0.2, 0) is 0 Å². The first kappa shape index (κ1) is 12.9. The van der Waals surface area contributed by atoms with E-state index in [4.69, 9.17) is 0 Å². The fraction of sp³-hybridized carbons (Fsp3) is 0.455. The summed E-state index contributed by atoms with van der Waals surface area (Å²) in [7, 11) is 0. The van der Waals surface area contributed by atoms with Crippen molar-refractivity contribution < 1.29 is 0 Å². The Morgan fingerprint density at radius 2 is 1.64 bits per heavy atom. The van der Waals surface area contributed by atoms with Gasteiger partial charge in [0.15, 0.2) is 0 Å². The minimum absolute atomic E-state index is 1.12. The van der Waals surface area contributed by atoms with Gasteiger partial charge in [0, 0.05) is 0 Å². The van der Waals surface area contributed by atoms with Crippen molar-refractivity contribution in [2.45, 2.75) is 34.6 Å². The summed E-state index contributed by atoms with van der Waals surface area (Å²) in [5.41, 5.74) is 2.34. The topological polar surface area (TPSA) is 0 Å².